The molecule has 2 aromatic carbocycles. The van der Waals surface area contributed by atoms with Crippen LogP contribution in [0.15, 0.2) is 41.5 Å². The standard InChI is InChI=1S/C23H29N3O2/c1-15-11-20-19(16(2)13-23(3,4)26(20)5)12-17(15)14-24-25-22(27)18-9-7-8-10-21(18)28-6/h7-12,14,16H,13H2,1-6H3,(H,25,27)/b24-14-. The average molecular weight is 380 g/mol. The Balaban J connectivity index is 1.82. The molecule has 1 N–H and O–H groups in total. The molecule has 5 nitrogen and oxygen atoms in total. The first-order valence-corrected chi connectivity index (χ1v) is 9.59. The van der Waals surface area contributed by atoms with Crippen LogP contribution < -0.4 is 15.1 Å². The number of hydrogen-bond acceptors (Lipinski definition) is 4. The molecule has 0 saturated carbocycles. The third-order valence-corrected chi connectivity index (χ3v) is 5.74. The van der Waals surface area contributed by atoms with Gasteiger partial charge in [-0.1, -0.05) is 19.1 Å². The van der Waals surface area contributed by atoms with Gasteiger partial charge in [-0.05, 0) is 74.1 Å². The fourth-order valence-electron chi connectivity index (χ4n) is 3.93. The second-order valence-corrected chi connectivity index (χ2v) is 8.14. The lowest BCUT2D eigenvalue weighted by Crippen LogP contribution is -2.45. The van der Waals surface area contributed by atoms with Gasteiger partial charge in [0.25, 0.3) is 5.91 Å². The molecule has 1 unspecified atom stereocenters. The fourth-order valence-corrected chi connectivity index (χ4v) is 3.93. The fraction of sp³-hybridized carbons (Fsp3) is 0.391. The SMILES string of the molecule is COc1ccccc1C(=O)N/N=C\c1cc2c(cc1C)N(C)C(C)(C)CC2C. The molecule has 0 aromatic heterocycles. The molecular formula is C23H29N3O2. The molecule has 0 radical (unpaired) electrons. The first kappa shape index (κ1) is 19.9. The van der Waals surface area contributed by atoms with Gasteiger partial charge in [-0.2, -0.15) is 5.10 Å². The molecule has 1 heterocycles. The zero-order valence-electron chi connectivity index (χ0n) is 17.5. The van der Waals surface area contributed by atoms with E-state index in [1.165, 1.54) is 11.3 Å². The van der Waals surface area contributed by atoms with Crippen LogP contribution in [0.1, 0.15) is 60.2 Å². The van der Waals surface area contributed by atoms with Gasteiger partial charge in [-0.15, -0.1) is 0 Å². The Morgan fingerprint density at radius 2 is 2.04 bits per heavy atom. The minimum atomic E-state index is -0.292. The van der Waals surface area contributed by atoms with Crippen molar-refractivity contribution >= 4 is 17.8 Å². The number of hydrazone groups is 1. The topological polar surface area (TPSA) is 53.9 Å². The van der Waals surface area contributed by atoms with Gasteiger partial charge in [0.15, 0.2) is 0 Å². The Hall–Kier alpha value is -2.82. The summed E-state index contributed by atoms with van der Waals surface area (Å²) in [4.78, 5) is 14.7. The van der Waals surface area contributed by atoms with Crippen molar-refractivity contribution in [1.29, 1.82) is 0 Å². The Morgan fingerprint density at radius 3 is 2.75 bits per heavy atom. The number of ether oxygens (including phenoxy) is 1. The molecule has 0 bridgehead atoms. The van der Waals surface area contributed by atoms with Gasteiger partial charge in [-0.3, -0.25) is 4.79 Å². The first-order valence-electron chi connectivity index (χ1n) is 9.59. The van der Waals surface area contributed by atoms with Crippen LogP contribution in [0.3, 0.4) is 0 Å². The lowest BCUT2D eigenvalue weighted by Gasteiger charge is -2.45. The summed E-state index contributed by atoms with van der Waals surface area (Å²) in [6.45, 7) is 8.91. The van der Waals surface area contributed by atoms with Crippen molar-refractivity contribution in [2.75, 3.05) is 19.1 Å². The second kappa shape index (κ2) is 7.66. The van der Waals surface area contributed by atoms with Crippen molar-refractivity contribution in [1.82, 2.24) is 5.43 Å². The van der Waals surface area contributed by atoms with Crippen molar-refractivity contribution in [3.8, 4) is 5.75 Å². The first-order chi connectivity index (χ1) is 13.2. The highest BCUT2D eigenvalue weighted by molar-refractivity contribution is 5.97. The van der Waals surface area contributed by atoms with E-state index in [1.54, 1.807) is 31.5 Å². The molecule has 0 aliphatic carbocycles. The molecule has 1 aliphatic rings. The number of nitrogens with zero attached hydrogens (tertiary/aromatic N) is 2. The van der Waals surface area contributed by atoms with Gasteiger partial charge in [0.05, 0.1) is 18.9 Å². The number of nitrogens with one attached hydrogen (secondary N) is 1. The zero-order chi connectivity index (χ0) is 20.5. The van der Waals surface area contributed by atoms with Crippen LogP contribution in [0.2, 0.25) is 0 Å². The number of carbonyl (C=O) groups excluding carboxylic acids is 1. The molecule has 1 aliphatic heterocycles. The molecule has 0 fully saturated rings. The summed E-state index contributed by atoms with van der Waals surface area (Å²) < 4.78 is 5.23. The average Bonchev–Trinajstić information content (AvgIpc) is 2.66. The van der Waals surface area contributed by atoms with E-state index in [1.807, 2.05) is 6.07 Å². The number of fused-ring (bicyclic) bond motifs is 1. The Kier molecular flexibility index (Phi) is 5.45. The molecule has 1 atom stereocenters. The summed E-state index contributed by atoms with van der Waals surface area (Å²) in [6, 6.07) is 11.5. The van der Waals surface area contributed by atoms with Gasteiger partial charge < -0.3 is 9.64 Å². The van der Waals surface area contributed by atoms with E-state index in [-0.39, 0.29) is 11.4 Å². The van der Waals surface area contributed by atoms with Crippen LogP contribution in [0.5, 0.6) is 5.75 Å². The van der Waals surface area contributed by atoms with E-state index in [2.05, 4.69) is 62.3 Å². The molecule has 0 spiro atoms. The number of rotatable bonds is 4. The molecule has 3 rings (SSSR count). The lowest BCUT2D eigenvalue weighted by molar-refractivity contribution is 0.0952. The number of aryl methyl sites for hydroxylation is 1. The number of carbonyl (C=O) groups is 1. The quantitative estimate of drug-likeness (QED) is 0.629. The summed E-state index contributed by atoms with van der Waals surface area (Å²) in [7, 11) is 3.71. The summed E-state index contributed by atoms with van der Waals surface area (Å²) in [5, 5.41) is 4.18. The summed E-state index contributed by atoms with van der Waals surface area (Å²) in [5.74, 6) is 0.705. The number of hydrogen-bond donors (Lipinski definition) is 1. The number of benzene rings is 2. The van der Waals surface area contributed by atoms with Crippen LogP contribution >= 0.6 is 0 Å². The molecule has 148 valence electrons. The van der Waals surface area contributed by atoms with Crippen molar-refractivity contribution < 1.29 is 9.53 Å². The predicted octanol–water partition coefficient (Wildman–Crippen LogP) is 4.49. The third kappa shape index (κ3) is 3.75. The Bertz CT molecular complexity index is 918. The Labute approximate surface area is 167 Å². The second-order valence-electron chi connectivity index (χ2n) is 8.14. The van der Waals surface area contributed by atoms with Gasteiger partial charge >= 0.3 is 0 Å². The molecule has 5 heteroatoms. The summed E-state index contributed by atoms with van der Waals surface area (Å²) in [5.41, 5.74) is 7.94. The minimum absolute atomic E-state index is 0.136. The van der Waals surface area contributed by atoms with E-state index in [9.17, 15) is 4.79 Å². The maximum Gasteiger partial charge on any atom is 0.275 e. The number of amides is 1. The van der Waals surface area contributed by atoms with Crippen molar-refractivity contribution in [3.63, 3.8) is 0 Å². The van der Waals surface area contributed by atoms with Crippen LogP contribution in [-0.2, 0) is 0 Å². The van der Waals surface area contributed by atoms with Gasteiger partial charge in [-0.25, -0.2) is 5.43 Å². The van der Waals surface area contributed by atoms with Gasteiger partial charge in [0.2, 0.25) is 0 Å². The van der Waals surface area contributed by atoms with E-state index in [0.29, 0.717) is 17.2 Å². The number of para-hydroxylation sites is 1. The normalized spacial score (nSPS) is 18.1. The Morgan fingerprint density at radius 1 is 1.32 bits per heavy atom. The van der Waals surface area contributed by atoms with Crippen LogP contribution in [-0.4, -0.2) is 31.8 Å². The third-order valence-electron chi connectivity index (χ3n) is 5.74. The van der Waals surface area contributed by atoms with Crippen LogP contribution in [0.25, 0.3) is 0 Å². The monoisotopic (exact) mass is 379 g/mol. The minimum Gasteiger partial charge on any atom is -0.496 e. The lowest BCUT2D eigenvalue weighted by atomic mass is 9.79. The highest BCUT2D eigenvalue weighted by atomic mass is 16.5. The van der Waals surface area contributed by atoms with E-state index < -0.39 is 0 Å². The molecule has 28 heavy (non-hydrogen) atoms. The van der Waals surface area contributed by atoms with E-state index in [0.717, 1.165) is 17.5 Å². The van der Waals surface area contributed by atoms with E-state index in [4.69, 9.17) is 4.74 Å². The van der Waals surface area contributed by atoms with Gasteiger partial charge in [0.1, 0.15) is 5.75 Å². The summed E-state index contributed by atoms with van der Waals surface area (Å²) in [6.07, 6.45) is 2.82. The van der Waals surface area contributed by atoms with Crippen LogP contribution in [0, 0.1) is 6.92 Å². The maximum absolute atomic E-state index is 12.4. The predicted molar refractivity (Wildman–Crippen MR) is 115 cm³/mol. The molecular weight excluding hydrogens is 350 g/mol. The van der Waals surface area contributed by atoms with Crippen molar-refractivity contribution in [2.24, 2.45) is 5.10 Å². The molecule has 0 saturated heterocycles. The molecule has 2 aromatic rings. The highest BCUT2D eigenvalue weighted by Gasteiger charge is 2.34. The van der Waals surface area contributed by atoms with E-state index >= 15 is 0 Å². The van der Waals surface area contributed by atoms with Crippen molar-refractivity contribution in [3.05, 3.63) is 58.7 Å². The largest absolute Gasteiger partial charge is 0.496 e. The van der Waals surface area contributed by atoms with Crippen molar-refractivity contribution in [2.45, 2.75) is 45.6 Å². The smallest absolute Gasteiger partial charge is 0.275 e. The number of methoxy groups -OCH3 is 1. The zero-order valence-corrected chi connectivity index (χ0v) is 17.5. The van der Waals surface area contributed by atoms with Crippen LogP contribution in [0.4, 0.5) is 5.69 Å². The molecule has 1 amide bonds. The highest BCUT2D eigenvalue weighted by Crippen LogP contribution is 2.43. The maximum atomic E-state index is 12.4. The summed E-state index contributed by atoms with van der Waals surface area (Å²) >= 11 is 0. The van der Waals surface area contributed by atoms with Gasteiger partial charge in [0, 0.05) is 18.3 Å². The number of anilines is 1.